The lowest BCUT2D eigenvalue weighted by atomic mass is 10.0. The first-order chi connectivity index (χ1) is 14.0. The first-order valence-corrected chi connectivity index (χ1v) is 9.65. The van der Waals surface area contributed by atoms with Gasteiger partial charge in [-0.2, -0.15) is 0 Å². The van der Waals surface area contributed by atoms with Gasteiger partial charge in [0.1, 0.15) is 6.54 Å². The minimum Gasteiger partial charge on any atom is -0.624 e. The summed E-state index contributed by atoms with van der Waals surface area (Å²) in [4.78, 5) is 36.1. The van der Waals surface area contributed by atoms with Crippen LogP contribution in [0.2, 0.25) is 0 Å². The summed E-state index contributed by atoms with van der Waals surface area (Å²) >= 11 is 0. The number of imide groups is 1. The number of rotatable bonds is 10. The van der Waals surface area contributed by atoms with Crippen LogP contribution in [-0.4, -0.2) is 67.9 Å². The lowest BCUT2D eigenvalue weighted by Gasteiger charge is -2.42. The lowest BCUT2D eigenvalue weighted by molar-refractivity contribution is -0.825. The number of hydrogen-bond donors (Lipinski definition) is 3. The summed E-state index contributed by atoms with van der Waals surface area (Å²) in [6, 6.07) is 3.98. The van der Waals surface area contributed by atoms with Crippen LogP contribution in [0.3, 0.4) is 0 Å². The molecule has 3 amide bonds. The van der Waals surface area contributed by atoms with E-state index < -0.39 is 28.4 Å². The molecule has 1 aromatic rings. The van der Waals surface area contributed by atoms with E-state index in [1.807, 2.05) is 0 Å². The van der Waals surface area contributed by atoms with E-state index in [-0.39, 0.29) is 19.4 Å². The number of nitrogens with one attached hydrogen (secondary N) is 2. The molecule has 0 radical (unpaired) electrons. The Hall–Kier alpha value is -2.37. The molecule has 2 unspecified atom stereocenters. The first-order valence-electron chi connectivity index (χ1n) is 9.65. The monoisotopic (exact) mass is 406 g/mol. The predicted molar refractivity (Wildman–Crippen MR) is 103 cm³/mol. The van der Waals surface area contributed by atoms with Gasteiger partial charge in [-0.25, -0.2) is 4.79 Å². The third-order valence-corrected chi connectivity index (χ3v) is 5.01. The van der Waals surface area contributed by atoms with Crippen LogP contribution in [0.25, 0.3) is 0 Å². The standard InChI is InChI=1S/C19H26N4O6/c20-5-7-28-9-10-29-8-6-21-14-1-2-15-13(11-14)12-23(27,19(15)26)16-3-4-17(24)22-18(16)25/h1-2,11,16,21H,3-10,12,20H2,(H,22,24,25). The second-order valence-electron chi connectivity index (χ2n) is 7.04. The molecule has 3 rings (SSSR count). The molecule has 1 aromatic carbocycles. The number of nitrogens with zero attached hydrogens (tertiary/aromatic N) is 1. The maximum absolute atomic E-state index is 13.2. The largest absolute Gasteiger partial charge is 0.624 e. The van der Waals surface area contributed by atoms with Gasteiger partial charge in [0.2, 0.25) is 5.91 Å². The Labute approximate surface area is 168 Å². The van der Waals surface area contributed by atoms with Crippen LogP contribution in [0.5, 0.6) is 0 Å². The number of hydrogen-bond acceptors (Lipinski definition) is 8. The summed E-state index contributed by atoms with van der Waals surface area (Å²) in [5.74, 6) is -1.73. The molecule has 4 N–H and O–H groups in total. The Morgan fingerprint density at radius 2 is 1.93 bits per heavy atom. The van der Waals surface area contributed by atoms with Crippen molar-refractivity contribution in [3.8, 4) is 0 Å². The molecule has 2 heterocycles. The third kappa shape index (κ3) is 4.80. The van der Waals surface area contributed by atoms with E-state index in [1.54, 1.807) is 18.2 Å². The van der Waals surface area contributed by atoms with Gasteiger partial charge in [-0.1, -0.05) is 0 Å². The Balaban J connectivity index is 1.54. The number of quaternary nitrogens is 1. The van der Waals surface area contributed by atoms with Crippen molar-refractivity contribution >= 4 is 23.4 Å². The van der Waals surface area contributed by atoms with Crippen molar-refractivity contribution < 1.29 is 28.5 Å². The van der Waals surface area contributed by atoms with E-state index in [2.05, 4.69) is 10.6 Å². The summed E-state index contributed by atoms with van der Waals surface area (Å²) in [7, 11) is 0. The molecular weight excluding hydrogens is 380 g/mol. The number of amides is 3. The van der Waals surface area contributed by atoms with Crippen LogP contribution in [0.1, 0.15) is 28.8 Å². The highest BCUT2D eigenvalue weighted by Gasteiger charge is 2.49. The number of carbonyl (C=O) groups excluding carboxylic acids is 3. The Bertz CT molecular complexity index is 786. The second-order valence-corrected chi connectivity index (χ2v) is 7.04. The molecule has 1 fully saturated rings. The smallest absolute Gasteiger partial charge is 0.347 e. The van der Waals surface area contributed by atoms with Crippen LogP contribution < -0.4 is 16.4 Å². The molecule has 0 spiro atoms. The van der Waals surface area contributed by atoms with E-state index in [1.165, 1.54) is 0 Å². The van der Waals surface area contributed by atoms with Crippen molar-refractivity contribution in [2.45, 2.75) is 25.4 Å². The normalized spacial score (nSPS) is 23.8. The molecule has 10 nitrogen and oxygen atoms in total. The number of ether oxygens (including phenoxy) is 2. The lowest BCUT2D eigenvalue weighted by Crippen LogP contribution is -2.60. The maximum Gasteiger partial charge on any atom is 0.347 e. The zero-order valence-corrected chi connectivity index (χ0v) is 16.1. The van der Waals surface area contributed by atoms with E-state index in [0.29, 0.717) is 50.6 Å². The fraction of sp³-hybridized carbons (Fsp3) is 0.526. The van der Waals surface area contributed by atoms with Gasteiger partial charge >= 0.3 is 5.91 Å². The molecule has 2 atom stereocenters. The van der Waals surface area contributed by atoms with Crippen molar-refractivity contribution in [2.24, 2.45) is 5.73 Å². The van der Waals surface area contributed by atoms with Crippen LogP contribution in [0.15, 0.2) is 18.2 Å². The summed E-state index contributed by atoms with van der Waals surface area (Å²) in [5, 5.41) is 18.6. The SMILES string of the molecule is NCCOCCOCCNc1ccc2c(c1)C[N+]([O-])(C1CCC(=O)NC1=O)C2=O. The number of piperidine rings is 1. The van der Waals surface area contributed by atoms with Gasteiger partial charge < -0.3 is 25.7 Å². The topological polar surface area (TPSA) is 143 Å². The minimum absolute atomic E-state index is 0.0618. The minimum atomic E-state index is -1.27. The fourth-order valence-corrected chi connectivity index (χ4v) is 3.58. The van der Waals surface area contributed by atoms with Crippen molar-refractivity contribution in [1.29, 1.82) is 0 Å². The van der Waals surface area contributed by atoms with Gasteiger partial charge in [-0.15, -0.1) is 0 Å². The van der Waals surface area contributed by atoms with Crippen LogP contribution in [-0.2, 0) is 25.6 Å². The fourth-order valence-electron chi connectivity index (χ4n) is 3.58. The van der Waals surface area contributed by atoms with Gasteiger partial charge in [0, 0.05) is 37.2 Å². The summed E-state index contributed by atoms with van der Waals surface area (Å²) in [6.45, 7) is 2.85. The number of carbonyl (C=O) groups is 3. The van der Waals surface area contributed by atoms with Gasteiger partial charge in [-0.3, -0.25) is 19.6 Å². The van der Waals surface area contributed by atoms with Crippen LogP contribution in [0, 0.1) is 5.21 Å². The highest BCUT2D eigenvalue weighted by Crippen LogP contribution is 2.35. The van der Waals surface area contributed by atoms with Gasteiger partial charge in [-0.05, 0) is 18.2 Å². The van der Waals surface area contributed by atoms with Crippen molar-refractivity contribution in [1.82, 2.24) is 5.32 Å². The Kier molecular flexibility index (Phi) is 6.93. The zero-order chi connectivity index (χ0) is 20.9. The molecule has 0 aliphatic carbocycles. The zero-order valence-electron chi connectivity index (χ0n) is 16.1. The van der Waals surface area contributed by atoms with Gasteiger partial charge in [0.25, 0.3) is 5.91 Å². The second kappa shape index (κ2) is 9.42. The van der Waals surface area contributed by atoms with Crippen LogP contribution in [0.4, 0.5) is 5.69 Å². The molecular formula is C19H26N4O6. The molecule has 1 saturated heterocycles. The van der Waals surface area contributed by atoms with Crippen molar-refractivity contribution in [3.63, 3.8) is 0 Å². The number of fused-ring (bicyclic) bond motifs is 1. The van der Waals surface area contributed by atoms with E-state index >= 15 is 0 Å². The van der Waals surface area contributed by atoms with Gasteiger partial charge in [0.05, 0.1) is 32.0 Å². The predicted octanol–water partition coefficient (Wildman–Crippen LogP) is -0.136. The highest BCUT2D eigenvalue weighted by atomic mass is 16.6. The molecule has 2 aliphatic heterocycles. The number of hydroxylamine groups is 3. The Morgan fingerprint density at radius 3 is 2.66 bits per heavy atom. The molecule has 0 bridgehead atoms. The Morgan fingerprint density at radius 1 is 1.17 bits per heavy atom. The molecule has 0 aromatic heterocycles. The average Bonchev–Trinajstić information content (AvgIpc) is 2.94. The van der Waals surface area contributed by atoms with Crippen molar-refractivity contribution in [2.75, 3.05) is 44.8 Å². The maximum atomic E-state index is 13.2. The number of nitrogens with two attached hydrogens (primary N) is 1. The molecule has 29 heavy (non-hydrogen) atoms. The molecule has 0 saturated carbocycles. The quantitative estimate of drug-likeness (QED) is 0.211. The summed E-state index contributed by atoms with van der Waals surface area (Å²) < 4.78 is 9.37. The van der Waals surface area contributed by atoms with Crippen molar-refractivity contribution in [3.05, 3.63) is 34.5 Å². The number of benzene rings is 1. The van der Waals surface area contributed by atoms with E-state index in [0.717, 1.165) is 5.69 Å². The molecule has 2 aliphatic rings. The summed E-state index contributed by atoms with van der Waals surface area (Å²) in [6.07, 6.45) is 0.137. The summed E-state index contributed by atoms with van der Waals surface area (Å²) in [5.41, 5.74) is 7.00. The average molecular weight is 406 g/mol. The van der Waals surface area contributed by atoms with E-state index in [4.69, 9.17) is 15.2 Å². The molecule has 158 valence electrons. The third-order valence-electron chi connectivity index (χ3n) is 5.01. The highest BCUT2D eigenvalue weighted by molar-refractivity contribution is 6.02. The van der Waals surface area contributed by atoms with E-state index in [9.17, 15) is 19.6 Å². The molecule has 10 heteroatoms. The first kappa shape index (κ1) is 21.3. The number of anilines is 1. The van der Waals surface area contributed by atoms with Crippen LogP contribution >= 0.6 is 0 Å². The van der Waals surface area contributed by atoms with Gasteiger partial charge in [0.15, 0.2) is 6.04 Å².